The van der Waals surface area contributed by atoms with E-state index < -0.39 is 0 Å². The van der Waals surface area contributed by atoms with Gasteiger partial charge in [0.1, 0.15) is 0 Å². The van der Waals surface area contributed by atoms with Crippen LogP contribution >= 0.6 is 0 Å². The Morgan fingerprint density at radius 3 is 2.53 bits per heavy atom. The molecule has 0 amide bonds. The molecule has 2 rings (SSSR count). The highest BCUT2D eigenvalue weighted by Gasteiger charge is 2.23. The third kappa shape index (κ3) is 2.83. The molecular formula is C13H22N2. The fourth-order valence-electron chi connectivity index (χ4n) is 2.71. The molecule has 0 aliphatic heterocycles. The van der Waals surface area contributed by atoms with Crippen LogP contribution in [0, 0.1) is 17.8 Å². The van der Waals surface area contributed by atoms with E-state index in [2.05, 4.69) is 29.8 Å². The highest BCUT2D eigenvalue weighted by Crippen LogP contribution is 2.33. The third-order valence-corrected chi connectivity index (χ3v) is 3.84. The number of nitrogens with zero attached hydrogens (tertiary/aromatic N) is 2. The van der Waals surface area contributed by atoms with Crippen molar-refractivity contribution in [3.05, 3.63) is 18.5 Å². The second-order valence-corrected chi connectivity index (χ2v) is 5.25. The molecule has 0 aromatic carbocycles. The minimum Gasteiger partial charge on any atom is -0.272 e. The van der Waals surface area contributed by atoms with Gasteiger partial charge in [-0.05, 0) is 49.5 Å². The summed E-state index contributed by atoms with van der Waals surface area (Å²) in [4.78, 5) is 0. The molecule has 0 unspecified atom stereocenters. The standard InChI is InChI=1S/C13H22N2/c1-11(2)13-6-4-12(5-7-13)10-15-9-3-8-14-15/h3,8-9,11-13H,4-7,10H2,1-2H3. The Balaban J connectivity index is 1.79. The lowest BCUT2D eigenvalue weighted by atomic mass is 9.77. The normalized spacial score (nSPS) is 27.1. The molecule has 0 spiro atoms. The summed E-state index contributed by atoms with van der Waals surface area (Å²) >= 11 is 0. The Morgan fingerprint density at radius 1 is 1.27 bits per heavy atom. The van der Waals surface area contributed by atoms with E-state index in [0.717, 1.165) is 24.3 Å². The summed E-state index contributed by atoms with van der Waals surface area (Å²) in [5, 5.41) is 4.28. The molecule has 84 valence electrons. The molecule has 0 saturated heterocycles. The van der Waals surface area contributed by atoms with Gasteiger partial charge in [-0.2, -0.15) is 5.10 Å². The van der Waals surface area contributed by atoms with Gasteiger partial charge in [-0.1, -0.05) is 13.8 Å². The Kier molecular flexibility index (Phi) is 3.45. The number of hydrogen-bond acceptors (Lipinski definition) is 1. The zero-order valence-corrected chi connectivity index (χ0v) is 9.89. The smallest absolute Gasteiger partial charge is 0.0489 e. The lowest BCUT2D eigenvalue weighted by molar-refractivity contribution is 0.206. The molecule has 1 aliphatic rings. The maximum absolute atomic E-state index is 4.28. The quantitative estimate of drug-likeness (QED) is 0.741. The SMILES string of the molecule is CC(C)C1CCC(Cn2cccn2)CC1. The molecule has 15 heavy (non-hydrogen) atoms. The fraction of sp³-hybridized carbons (Fsp3) is 0.769. The summed E-state index contributed by atoms with van der Waals surface area (Å²) < 4.78 is 2.08. The molecule has 1 fully saturated rings. The fourth-order valence-corrected chi connectivity index (χ4v) is 2.71. The first-order chi connectivity index (χ1) is 7.25. The van der Waals surface area contributed by atoms with Gasteiger partial charge in [-0.25, -0.2) is 0 Å². The first-order valence-electron chi connectivity index (χ1n) is 6.23. The number of hydrogen-bond donors (Lipinski definition) is 0. The molecule has 1 saturated carbocycles. The van der Waals surface area contributed by atoms with E-state index in [9.17, 15) is 0 Å². The molecule has 2 heteroatoms. The first-order valence-corrected chi connectivity index (χ1v) is 6.23. The maximum atomic E-state index is 4.28. The lowest BCUT2D eigenvalue weighted by Crippen LogP contribution is -2.21. The molecule has 0 atom stereocenters. The summed E-state index contributed by atoms with van der Waals surface area (Å²) in [5.41, 5.74) is 0. The molecule has 1 aromatic heterocycles. The van der Waals surface area contributed by atoms with Gasteiger partial charge in [0.2, 0.25) is 0 Å². The average molecular weight is 206 g/mol. The summed E-state index contributed by atoms with van der Waals surface area (Å²) in [5.74, 6) is 2.70. The van der Waals surface area contributed by atoms with Crippen molar-refractivity contribution in [1.82, 2.24) is 9.78 Å². The monoisotopic (exact) mass is 206 g/mol. The van der Waals surface area contributed by atoms with E-state index in [1.54, 1.807) is 0 Å². The van der Waals surface area contributed by atoms with Crippen molar-refractivity contribution in [3.63, 3.8) is 0 Å². The highest BCUT2D eigenvalue weighted by atomic mass is 15.3. The van der Waals surface area contributed by atoms with Crippen LogP contribution in [0.4, 0.5) is 0 Å². The van der Waals surface area contributed by atoms with E-state index in [0.29, 0.717) is 0 Å². The van der Waals surface area contributed by atoms with Crippen molar-refractivity contribution in [2.45, 2.75) is 46.1 Å². The molecule has 0 radical (unpaired) electrons. The van der Waals surface area contributed by atoms with Crippen molar-refractivity contribution in [3.8, 4) is 0 Å². The predicted octanol–water partition coefficient (Wildman–Crippen LogP) is 3.35. The van der Waals surface area contributed by atoms with Crippen molar-refractivity contribution in [2.75, 3.05) is 0 Å². The average Bonchev–Trinajstić information content (AvgIpc) is 2.71. The Morgan fingerprint density at radius 2 is 2.00 bits per heavy atom. The van der Waals surface area contributed by atoms with Gasteiger partial charge in [0.15, 0.2) is 0 Å². The minimum atomic E-state index is 0.861. The predicted molar refractivity (Wildman–Crippen MR) is 62.5 cm³/mol. The van der Waals surface area contributed by atoms with Crippen LogP contribution in [0.2, 0.25) is 0 Å². The number of rotatable bonds is 3. The van der Waals surface area contributed by atoms with Gasteiger partial charge < -0.3 is 0 Å². The second-order valence-electron chi connectivity index (χ2n) is 5.25. The molecule has 1 heterocycles. The van der Waals surface area contributed by atoms with Crippen LogP contribution in [-0.2, 0) is 6.54 Å². The second kappa shape index (κ2) is 4.82. The summed E-state index contributed by atoms with van der Waals surface area (Å²) in [6, 6.07) is 2.01. The topological polar surface area (TPSA) is 17.8 Å². The van der Waals surface area contributed by atoms with Crippen LogP contribution in [0.25, 0.3) is 0 Å². The summed E-state index contributed by atoms with van der Waals surface area (Å²) in [6.45, 7) is 5.84. The van der Waals surface area contributed by atoms with Gasteiger partial charge in [0.25, 0.3) is 0 Å². The lowest BCUT2D eigenvalue weighted by Gasteiger charge is -2.30. The molecule has 0 N–H and O–H groups in total. The minimum absolute atomic E-state index is 0.861. The van der Waals surface area contributed by atoms with Gasteiger partial charge in [0.05, 0.1) is 0 Å². The van der Waals surface area contributed by atoms with Crippen molar-refractivity contribution in [2.24, 2.45) is 17.8 Å². The van der Waals surface area contributed by atoms with Crippen molar-refractivity contribution in [1.29, 1.82) is 0 Å². The Labute approximate surface area is 92.7 Å². The van der Waals surface area contributed by atoms with E-state index in [4.69, 9.17) is 0 Å². The van der Waals surface area contributed by atoms with Gasteiger partial charge in [0, 0.05) is 18.9 Å². The Hall–Kier alpha value is -0.790. The molecule has 2 nitrogen and oxygen atoms in total. The van der Waals surface area contributed by atoms with E-state index >= 15 is 0 Å². The molecule has 0 bridgehead atoms. The summed E-state index contributed by atoms with van der Waals surface area (Å²) in [6.07, 6.45) is 9.58. The maximum Gasteiger partial charge on any atom is 0.0489 e. The van der Waals surface area contributed by atoms with Crippen LogP contribution in [0.5, 0.6) is 0 Å². The van der Waals surface area contributed by atoms with Crippen LogP contribution in [0.1, 0.15) is 39.5 Å². The third-order valence-electron chi connectivity index (χ3n) is 3.84. The van der Waals surface area contributed by atoms with E-state index in [1.807, 2.05) is 12.3 Å². The van der Waals surface area contributed by atoms with Crippen molar-refractivity contribution >= 4 is 0 Å². The van der Waals surface area contributed by atoms with Gasteiger partial charge in [-0.3, -0.25) is 4.68 Å². The largest absolute Gasteiger partial charge is 0.272 e. The molecule has 1 aromatic rings. The van der Waals surface area contributed by atoms with Crippen molar-refractivity contribution < 1.29 is 0 Å². The van der Waals surface area contributed by atoms with Crippen LogP contribution in [0.15, 0.2) is 18.5 Å². The van der Waals surface area contributed by atoms with Crippen LogP contribution in [0.3, 0.4) is 0 Å². The van der Waals surface area contributed by atoms with E-state index in [1.165, 1.54) is 25.7 Å². The first kappa shape index (κ1) is 10.7. The zero-order valence-electron chi connectivity index (χ0n) is 9.89. The van der Waals surface area contributed by atoms with Gasteiger partial charge in [-0.15, -0.1) is 0 Å². The van der Waals surface area contributed by atoms with Crippen LogP contribution < -0.4 is 0 Å². The Bertz CT molecular complexity index is 269. The van der Waals surface area contributed by atoms with Crippen LogP contribution in [-0.4, -0.2) is 9.78 Å². The summed E-state index contributed by atoms with van der Waals surface area (Å²) in [7, 11) is 0. The van der Waals surface area contributed by atoms with Gasteiger partial charge >= 0.3 is 0 Å². The molecule has 1 aliphatic carbocycles. The zero-order chi connectivity index (χ0) is 10.7. The highest BCUT2D eigenvalue weighted by molar-refractivity contribution is 4.80. The number of aromatic nitrogens is 2. The van der Waals surface area contributed by atoms with E-state index in [-0.39, 0.29) is 0 Å². The molecular weight excluding hydrogens is 184 g/mol.